The fourth-order valence-corrected chi connectivity index (χ4v) is 31.7. The van der Waals surface area contributed by atoms with Crippen LogP contribution in [0.4, 0.5) is 38.7 Å². The number of carbonyl (C=O) groups excluding carboxylic acids is 7. The molecule has 135 heavy (non-hydrogen) atoms. The minimum absolute atomic E-state index is 0. The number of carbonyl (C=O) groups is 7. The predicted octanol–water partition coefficient (Wildman–Crippen LogP) is 17.0. The Labute approximate surface area is 811 Å². The fraction of sp³-hybridized carbons (Fsp3) is 0.735. The lowest BCUT2D eigenvalue weighted by Crippen LogP contribution is -2.60. The zero-order chi connectivity index (χ0) is 94.9. The molecule has 0 spiro atoms. The molecule has 33 heteroatoms. The summed E-state index contributed by atoms with van der Waals surface area (Å²) >= 11 is 6.14. The lowest BCUT2D eigenvalue weighted by molar-refractivity contribution is -0.156. The summed E-state index contributed by atoms with van der Waals surface area (Å²) < 4.78 is 66.9. The third-order valence-corrected chi connectivity index (χ3v) is 35.7. The summed E-state index contributed by atoms with van der Waals surface area (Å²) in [5.74, 6) is 12.1. The number of hydrogen-bond donors (Lipinski definition) is 7. The first-order chi connectivity index (χ1) is 63.4. The van der Waals surface area contributed by atoms with E-state index in [1.807, 2.05) is 20.8 Å². The number of nitrogens with zero attached hydrogens (tertiary/aromatic N) is 9. The molecule has 6 amide bonds. The second kappa shape index (κ2) is 39.8. The second-order valence-corrected chi connectivity index (χ2v) is 51.0. The van der Waals surface area contributed by atoms with Gasteiger partial charge in [-0.2, -0.15) is 16.8 Å². The Kier molecular flexibility index (Phi) is 29.5. The van der Waals surface area contributed by atoms with E-state index in [9.17, 15) is 50.4 Å². The van der Waals surface area contributed by atoms with Crippen LogP contribution in [0.5, 0.6) is 0 Å². The lowest BCUT2D eigenvalue weighted by Gasteiger charge is -2.59. The third-order valence-electron chi connectivity index (χ3n) is 33.1. The van der Waals surface area contributed by atoms with Crippen molar-refractivity contribution in [2.45, 2.75) is 342 Å². The van der Waals surface area contributed by atoms with Crippen LogP contribution >= 0.6 is 24.0 Å². The molecule has 4 saturated heterocycles. The van der Waals surface area contributed by atoms with E-state index < -0.39 is 37.5 Å². The zero-order valence-electron chi connectivity index (χ0n) is 81.4. The number of pyridine rings is 4. The molecular weight excluding hydrogens is 1790 g/mol. The molecule has 0 aromatic carbocycles. The Bertz CT molecular complexity index is 5120. The van der Waals surface area contributed by atoms with E-state index >= 15 is 0 Å². The van der Waals surface area contributed by atoms with Crippen molar-refractivity contribution in [3.8, 4) is 0 Å². The Balaban J connectivity index is 0.000000127. The molecule has 8 N–H and O–H groups in total. The molecule has 29 nitrogen and oxygen atoms in total. The Morgan fingerprint density at radius 1 is 0.489 bits per heavy atom. The molecule has 0 unspecified atom stereocenters. The number of esters is 2. The number of anilines is 5. The molecule has 22 aliphatic rings. The normalized spacial score (nSPS) is 33.8. The number of sulfonamides is 2. The molecular formula is C102H150Cl2N16O13S2. The van der Waals surface area contributed by atoms with Gasteiger partial charge in [-0.15, -0.1) is 12.4 Å². The van der Waals surface area contributed by atoms with Crippen molar-refractivity contribution in [3.05, 3.63) is 76.9 Å². The number of nitrogens with one attached hydrogen (secondary N) is 6. The van der Waals surface area contributed by atoms with Gasteiger partial charge in [0, 0.05) is 98.4 Å². The molecule has 4 aromatic rings. The van der Waals surface area contributed by atoms with Crippen molar-refractivity contribution in [1.82, 2.24) is 49.8 Å². The van der Waals surface area contributed by atoms with Crippen molar-refractivity contribution in [1.29, 1.82) is 0 Å². The first kappa shape index (κ1) is 100. The average molecular weight is 1940 g/mol. The summed E-state index contributed by atoms with van der Waals surface area (Å²) in [5, 5.41) is 13.0. The summed E-state index contributed by atoms with van der Waals surface area (Å²) in [4.78, 5) is 113. The van der Waals surface area contributed by atoms with Gasteiger partial charge in [0.25, 0.3) is 31.9 Å². The first-order valence-corrected chi connectivity index (χ1v) is 54.1. The van der Waals surface area contributed by atoms with E-state index in [1.165, 1.54) is 159 Å². The summed E-state index contributed by atoms with van der Waals surface area (Å²) in [6.07, 6.45) is 40.9. The second-order valence-electron chi connectivity index (χ2n) is 47.4. The van der Waals surface area contributed by atoms with E-state index in [1.54, 1.807) is 62.1 Å². The van der Waals surface area contributed by atoms with Crippen LogP contribution in [0, 0.1) is 82.9 Å². The van der Waals surface area contributed by atoms with Crippen LogP contribution < -0.4 is 51.1 Å². The zero-order valence-corrected chi connectivity index (χ0v) is 84.6. The van der Waals surface area contributed by atoms with Crippen molar-refractivity contribution in [2.24, 2.45) is 88.6 Å². The van der Waals surface area contributed by atoms with Gasteiger partial charge in [-0.05, 0) is 406 Å². The van der Waals surface area contributed by atoms with E-state index in [0.29, 0.717) is 97.4 Å². The van der Waals surface area contributed by atoms with Crippen molar-refractivity contribution in [3.63, 3.8) is 0 Å². The van der Waals surface area contributed by atoms with Crippen LogP contribution in [0.25, 0.3) is 0 Å². The topological polar surface area (TPSA) is 372 Å². The minimum Gasteiger partial charge on any atom is -0.460 e. The molecule has 6 aliphatic heterocycles. The molecule has 26 rings (SSSR count). The number of urea groups is 2. The Hall–Kier alpha value is -7.71. The maximum atomic E-state index is 14.1. The predicted molar refractivity (Wildman–Crippen MR) is 525 cm³/mol. The van der Waals surface area contributed by atoms with Gasteiger partial charge in [-0.1, -0.05) is 23.7 Å². The van der Waals surface area contributed by atoms with Gasteiger partial charge >= 0.3 is 24.0 Å². The van der Waals surface area contributed by atoms with Crippen molar-refractivity contribution in [2.75, 3.05) is 84.2 Å². The monoisotopic (exact) mass is 1940 g/mol. The van der Waals surface area contributed by atoms with Crippen LogP contribution in [0.1, 0.15) is 308 Å². The minimum atomic E-state index is -4.25. The quantitative estimate of drug-likeness (QED) is 0.0317. The van der Waals surface area contributed by atoms with Gasteiger partial charge < -0.3 is 60.9 Å². The number of rotatable bonds is 11. The molecule has 2 atom stereocenters. The average Bonchev–Trinajstić information content (AvgIpc) is 1.70. The summed E-state index contributed by atoms with van der Waals surface area (Å²) in [6.45, 7) is 26.4. The lowest BCUT2D eigenvalue weighted by atomic mass is 9.52. The standard InChI is InChI=1S/C33H43N7O4S.C20H24ClN5O3S.C18H31NO2.C13H20N2O.C10H17N.C8H14O3.ClH/c1-32(2)16-21-5-4-10-34-26-6-3-7-28(35-26)45(43,44)37-30(41)25-8-9-27(36-29(25)40(32)20-21)38-11-12-39(31(38)42)33-17-22-13-23(18-33)15-24(14-22)19-33;1-20(2)11-13-5-4-10-22-16-6-3-7-17(24-16)30(28,29)25-19(27)14-8-9-15(21)23-18(14)26(20)12-13;1-17(2,3)21-16(20)5-4-6-19-18-10-13-7-14(11-18)9-15(8-13)12-18;16-12-14-1-2-15(12)13-6-9-3-10(7-13)5-11(4-9)8-13;11-10-4-7-1-8(5-10)3-9(2-7)6-10;1-8(2,3)11-7(10)5-4-6-9;/h3,6-9,21-24H,4-5,10-20H2,1-2H3,(H,34,35)(H,37,41);3,6-9,13H,4-5,10-12H2,1-2H3,(H,22,24)(H,25,27);13-15,19H,4-12H2,1-3H3;9-11H,1-8H2,(H,14,16);7-9H,1-6,11H2;6H,4-5H2,1-3H3;1H/t21-,22?,23?,24?,33?;13-;;;;;/m00...../s1. The number of fused-ring (bicyclic) bond motifs is 12. The van der Waals surface area contributed by atoms with Crippen LogP contribution in [-0.2, 0) is 43.9 Å². The summed E-state index contributed by atoms with van der Waals surface area (Å²) in [6, 6.07) is 15.9. The Morgan fingerprint density at radius 3 is 1.31 bits per heavy atom. The van der Waals surface area contributed by atoms with Gasteiger partial charge in [0.2, 0.25) is 0 Å². The highest BCUT2D eigenvalue weighted by Crippen LogP contribution is 2.62. The van der Waals surface area contributed by atoms with Gasteiger partial charge in [0.15, 0.2) is 10.1 Å². The first-order valence-electron chi connectivity index (χ1n) is 50.8. The summed E-state index contributed by atoms with van der Waals surface area (Å²) in [7, 11) is -8.40. The maximum absolute atomic E-state index is 14.1. The largest absolute Gasteiger partial charge is 0.460 e. The molecule has 16 saturated carbocycles. The van der Waals surface area contributed by atoms with Crippen LogP contribution in [0.2, 0.25) is 5.15 Å². The fourth-order valence-electron chi connectivity index (χ4n) is 29.6. The maximum Gasteiger partial charge on any atom is 0.326 e. The Morgan fingerprint density at radius 2 is 0.896 bits per heavy atom. The molecule has 0 radical (unpaired) electrons. The number of nitrogens with two attached hydrogens (primary N) is 1. The van der Waals surface area contributed by atoms with Crippen LogP contribution in [0.15, 0.2) is 70.7 Å². The van der Waals surface area contributed by atoms with E-state index in [2.05, 4.69) is 93.0 Å². The molecule has 24 bridgehead atoms. The SMILES string of the molecule is CC(C)(C)OC(=O)CCC=O.CC(C)(C)OC(=O)CCCNC12CC3CC(CC(C3)C1)C2.CC1(C)C[C@@H]2CCCNc3cccc(n3)S(=O)(=O)NC(=O)c3ccc(Cl)nc3N1C2.CC1(C)C[C@@H]2CCCNc3cccc(n3)S(=O)(=O)NC(=O)c3ccc(N4CCN(C56CC7CC(CC(C7)C5)C6)C4=O)nc3N1C2.Cl.NC12CC3CC(CC(C3)C1)C2.O=C1NCCN1C12CC3CC(CC(C3)C1)C2. The van der Waals surface area contributed by atoms with E-state index in [0.717, 1.165) is 161 Å². The van der Waals surface area contributed by atoms with Crippen LogP contribution in [0.3, 0.4) is 0 Å². The van der Waals surface area contributed by atoms with Crippen molar-refractivity contribution >= 4 is 115 Å². The van der Waals surface area contributed by atoms with Crippen LogP contribution in [-0.4, -0.2) is 192 Å². The molecule has 10 heterocycles. The van der Waals surface area contributed by atoms with Gasteiger partial charge in [0.05, 0.1) is 17.5 Å². The number of ether oxygens (including phenoxy) is 2. The highest BCUT2D eigenvalue weighted by molar-refractivity contribution is 7.90. The smallest absolute Gasteiger partial charge is 0.326 e. The molecule has 4 aromatic heterocycles. The van der Waals surface area contributed by atoms with Gasteiger partial charge in [-0.3, -0.25) is 24.1 Å². The molecule has 742 valence electrons. The number of amides is 6. The van der Waals surface area contributed by atoms with Gasteiger partial charge in [-0.25, -0.2) is 39.0 Å². The highest BCUT2D eigenvalue weighted by atomic mass is 35.5. The number of hydrogen-bond acceptors (Lipinski definition) is 23. The molecule has 16 aliphatic carbocycles. The number of aldehydes is 1. The number of aromatic nitrogens is 4. The van der Waals surface area contributed by atoms with Gasteiger partial charge in [0.1, 0.15) is 51.7 Å². The van der Waals surface area contributed by atoms with E-state index in [4.69, 9.17) is 31.8 Å². The van der Waals surface area contributed by atoms with E-state index in [-0.39, 0.29) is 103 Å². The summed E-state index contributed by atoms with van der Waals surface area (Å²) in [5.41, 5.74) is 6.25. The van der Waals surface area contributed by atoms with Crippen molar-refractivity contribution < 1.29 is 59.9 Å². The number of halogens is 2. The third kappa shape index (κ3) is 23.3. The molecule has 20 fully saturated rings. The highest BCUT2D eigenvalue weighted by Gasteiger charge is 2.59.